The van der Waals surface area contributed by atoms with E-state index in [9.17, 15) is 4.79 Å². The van der Waals surface area contributed by atoms with Gasteiger partial charge in [0.15, 0.2) is 0 Å². The summed E-state index contributed by atoms with van der Waals surface area (Å²) in [5, 5.41) is 6.45. The highest BCUT2D eigenvalue weighted by Gasteiger charge is 2.26. The van der Waals surface area contributed by atoms with Crippen molar-refractivity contribution in [3.63, 3.8) is 0 Å². The number of nitrogens with one attached hydrogen (secondary N) is 2. The topological polar surface area (TPSA) is 41.1 Å². The minimum absolute atomic E-state index is 0.0331. The van der Waals surface area contributed by atoms with Crippen molar-refractivity contribution < 1.29 is 4.79 Å². The minimum Gasteiger partial charge on any atom is -0.352 e. The monoisotopic (exact) mass is 228 g/mol. The molecule has 2 aliphatic rings. The van der Waals surface area contributed by atoms with E-state index in [2.05, 4.69) is 10.6 Å². The predicted octanol–water partition coefficient (Wildman–Crippen LogP) is 1.14. The summed E-state index contributed by atoms with van der Waals surface area (Å²) in [5.41, 5.74) is 0. The summed E-state index contributed by atoms with van der Waals surface area (Å²) in [6.07, 6.45) is 4.82. The van der Waals surface area contributed by atoms with Crippen LogP contribution in [-0.4, -0.2) is 35.5 Å². The van der Waals surface area contributed by atoms with Crippen LogP contribution in [0.5, 0.6) is 0 Å². The first kappa shape index (κ1) is 11.3. The van der Waals surface area contributed by atoms with Crippen molar-refractivity contribution in [1.82, 2.24) is 10.6 Å². The second-order valence-electron chi connectivity index (χ2n) is 4.59. The van der Waals surface area contributed by atoms with Gasteiger partial charge >= 0.3 is 0 Å². The van der Waals surface area contributed by atoms with Crippen molar-refractivity contribution >= 4 is 17.7 Å². The van der Waals surface area contributed by atoms with Crippen LogP contribution in [0.25, 0.3) is 0 Å². The minimum atomic E-state index is -0.0331. The summed E-state index contributed by atoms with van der Waals surface area (Å²) in [4.78, 5) is 11.7. The van der Waals surface area contributed by atoms with E-state index >= 15 is 0 Å². The van der Waals surface area contributed by atoms with E-state index in [-0.39, 0.29) is 11.9 Å². The molecule has 3 nitrogen and oxygen atoms in total. The lowest BCUT2D eigenvalue weighted by atomic mass is 10.1. The predicted molar refractivity (Wildman–Crippen MR) is 64.1 cm³/mol. The molecule has 2 rings (SSSR count). The van der Waals surface area contributed by atoms with E-state index in [1.54, 1.807) is 0 Å². The molecule has 2 fully saturated rings. The average molecular weight is 228 g/mol. The van der Waals surface area contributed by atoms with Crippen LogP contribution in [0, 0.1) is 0 Å². The summed E-state index contributed by atoms with van der Waals surface area (Å²) < 4.78 is 0. The van der Waals surface area contributed by atoms with Gasteiger partial charge in [-0.3, -0.25) is 4.79 Å². The Morgan fingerprint density at radius 1 is 1.33 bits per heavy atom. The van der Waals surface area contributed by atoms with Gasteiger partial charge in [0.05, 0.1) is 6.04 Å². The summed E-state index contributed by atoms with van der Waals surface area (Å²) >= 11 is 1.99. The summed E-state index contributed by atoms with van der Waals surface area (Å²) in [7, 11) is 0. The Labute approximate surface area is 95.8 Å². The van der Waals surface area contributed by atoms with E-state index < -0.39 is 0 Å². The second kappa shape index (κ2) is 5.21. The number of carbonyl (C=O) groups excluding carboxylic acids is 1. The molecule has 0 spiro atoms. The quantitative estimate of drug-likeness (QED) is 0.758. The van der Waals surface area contributed by atoms with Gasteiger partial charge < -0.3 is 10.6 Å². The van der Waals surface area contributed by atoms with Crippen molar-refractivity contribution in [3.8, 4) is 0 Å². The van der Waals surface area contributed by atoms with Gasteiger partial charge in [-0.15, -0.1) is 0 Å². The highest BCUT2D eigenvalue weighted by Crippen LogP contribution is 2.19. The van der Waals surface area contributed by atoms with Crippen molar-refractivity contribution in [1.29, 1.82) is 0 Å². The lowest BCUT2D eigenvalue weighted by molar-refractivity contribution is -0.123. The normalized spacial score (nSPS) is 28.5. The second-order valence-corrected chi connectivity index (χ2v) is 5.74. The number of amides is 1. The van der Waals surface area contributed by atoms with Gasteiger partial charge in [-0.2, -0.15) is 11.8 Å². The molecule has 0 radical (unpaired) electrons. The van der Waals surface area contributed by atoms with Gasteiger partial charge in [0.25, 0.3) is 0 Å². The first-order valence-corrected chi connectivity index (χ1v) is 7.05. The highest BCUT2D eigenvalue weighted by molar-refractivity contribution is 7.99. The third-order valence-electron chi connectivity index (χ3n) is 2.96. The Morgan fingerprint density at radius 2 is 2.13 bits per heavy atom. The fourth-order valence-corrected chi connectivity index (χ4v) is 2.94. The SMILES string of the molecule is CC(NC1CCCSC1)C(=O)NC1CC1. The molecule has 0 bridgehead atoms. The fourth-order valence-electron chi connectivity index (χ4n) is 1.86. The van der Waals surface area contributed by atoms with Gasteiger partial charge in [-0.05, 0) is 38.4 Å². The number of thioether (sulfide) groups is 1. The number of carbonyl (C=O) groups is 1. The number of hydrogen-bond acceptors (Lipinski definition) is 3. The van der Waals surface area contributed by atoms with E-state index in [1.807, 2.05) is 18.7 Å². The zero-order valence-corrected chi connectivity index (χ0v) is 10.1. The molecule has 4 heteroatoms. The van der Waals surface area contributed by atoms with Crippen LogP contribution in [0.15, 0.2) is 0 Å². The molecule has 0 aromatic rings. The van der Waals surface area contributed by atoms with Gasteiger partial charge in [0, 0.05) is 17.8 Å². The molecule has 15 heavy (non-hydrogen) atoms. The molecule has 0 aromatic heterocycles. The largest absolute Gasteiger partial charge is 0.352 e. The Hall–Kier alpha value is -0.220. The lowest BCUT2D eigenvalue weighted by Gasteiger charge is -2.25. The average Bonchev–Trinajstić information content (AvgIpc) is 3.03. The Kier molecular flexibility index (Phi) is 3.92. The van der Waals surface area contributed by atoms with Crippen LogP contribution in [0.4, 0.5) is 0 Å². The lowest BCUT2D eigenvalue weighted by Crippen LogP contribution is -2.48. The van der Waals surface area contributed by atoms with Crippen LogP contribution in [0.1, 0.15) is 32.6 Å². The highest BCUT2D eigenvalue weighted by atomic mass is 32.2. The molecule has 1 saturated carbocycles. The molecule has 1 amide bonds. The third kappa shape index (κ3) is 3.68. The van der Waals surface area contributed by atoms with Crippen LogP contribution in [-0.2, 0) is 4.79 Å². The number of hydrogen-bond donors (Lipinski definition) is 2. The van der Waals surface area contributed by atoms with Crippen molar-refractivity contribution in [2.75, 3.05) is 11.5 Å². The van der Waals surface area contributed by atoms with E-state index in [0.717, 1.165) is 18.6 Å². The maximum absolute atomic E-state index is 11.7. The summed E-state index contributed by atoms with van der Waals surface area (Å²) in [5.74, 6) is 2.61. The maximum Gasteiger partial charge on any atom is 0.237 e. The Bertz CT molecular complexity index is 225. The van der Waals surface area contributed by atoms with E-state index in [1.165, 1.54) is 18.6 Å². The van der Waals surface area contributed by atoms with Crippen molar-refractivity contribution in [3.05, 3.63) is 0 Å². The molecular weight excluding hydrogens is 208 g/mol. The van der Waals surface area contributed by atoms with Crippen molar-refractivity contribution in [2.24, 2.45) is 0 Å². The molecule has 1 aliphatic carbocycles. The van der Waals surface area contributed by atoms with Gasteiger partial charge in [0.2, 0.25) is 5.91 Å². The zero-order chi connectivity index (χ0) is 10.7. The van der Waals surface area contributed by atoms with Crippen LogP contribution < -0.4 is 10.6 Å². The fraction of sp³-hybridized carbons (Fsp3) is 0.909. The standard InChI is InChI=1S/C11H20N2OS/c1-8(11(14)13-9-4-5-9)12-10-3-2-6-15-7-10/h8-10,12H,2-7H2,1H3,(H,13,14). The zero-order valence-electron chi connectivity index (χ0n) is 9.29. The Morgan fingerprint density at radius 3 is 2.73 bits per heavy atom. The van der Waals surface area contributed by atoms with Gasteiger partial charge in [-0.25, -0.2) is 0 Å². The first-order valence-electron chi connectivity index (χ1n) is 5.90. The van der Waals surface area contributed by atoms with E-state index in [4.69, 9.17) is 0 Å². The smallest absolute Gasteiger partial charge is 0.237 e. The first-order chi connectivity index (χ1) is 7.25. The summed E-state index contributed by atoms with van der Waals surface area (Å²) in [6.45, 7) is 1.97. The molecule has 2 atom stereocenters. The number of rotatable bonds is 4. The van der Waals surface area contributed by atoms with Crippen LogP contribution in [0.2, 0.25) is 0 Å². The summed E-state index contributed by atoms with van der Waals surface area (Å²) in [6, 6.07) is 0.973. The third-order valence-corrected chi connectivity index (χ3v) is 4.18. The molecule has 1 heterocycles. The molecule has 2 unspecified atom stereocenters. The molecule has 2 N–H and O–H groups in total. The van der Waals surface area contributed by atoms with Gasteiger partial charge in [0.1, 0.15) is 0 Å². The molecule has 0 aromatic carbocycles. The molecular formula is C11H20N2OS. The van der Waals surface area contributed by atoms with Gasteiger partial charge in [-0.1, -0.05) is 0 Å². The molecule has 1 saturated heterocycles. The van der Waals surface area contributed by atoms with E-state index in [0.29, 0.717) is 12.1 Å². The molecule has 86 valence electrons. The maximum atomic E-state index is 11.7. The van der Waals surface area contributed by atoms with Crippen LogP contribution >= 0.6 is 11.8 Å². The van der Waals surface area contributed by atoms with Crippen LogP contribution in [0.3, 0.4) is 0 Å². The Balaban J connectivity index is 1.69. The van der Waals surface area contributed by atoms with Crippen molar-refractivity contribution in [2.45, 2.75) is 50.7 Å². The molecule has 1 aliphatic heterocycles.